The van der Waals surface area contributed by atoms with Crippen molar-refractivity contribution < 1.29 is 14.3 Å². The van der Waals surface area contributed by atoms with Gasteiger partial charge in [0.2, 0.25) is 5.91 Å². The molecule has 0 aliphatic carbocycles. The van der Waals surface area contributed by atoms with Crippen molar-refractivity contribution in [3.05, 3.63) is 59.2 Å². The number of ether oxygens (including phenoxy) is 2. The molecular weight excluding hydrogens is 328 g/mol. The zero-order chi connectivity index (χ0) is 18.5. The molecule has 2 aromatic carbocycles. The molecule has 1 N–H and O–H groups in total. The van der Waals surface area contributed by atoms with Crippen molar-refractivity contribution in [2.45, 2.75) is 26.4 Å². The third kappa shape index (κ3) is 4.55. The molecule has 5 heteroatoms. The number of hydrogen-bond acceptors (Lipinski definition) is 4. The van der Waals surface area contributed by atoms with Gasteiger partial charge in [-0.3, -0.25) is 9.69 Å². The van der Waals surface area contributed by atoms with Crippen LogP contribution in [0.2, 0.25) is 0 Å². The quantitative estimate of drug-likeness (QED) is 0.866. The van der Waals surface area contributed by atoms with E-state index >= 15 is 0 Å². The molecule has 1 aliphatic rings. The first kappa shape index (κ1) is 18.3. The maximum Gasteiger partial charge on any atom is 0.234 e. The second-order valence-corrected chi connectivity index (χ2v) is 6.80. The summed E-state index contributed by atoms with van der Waals surface area (Å²) in [4.78, 5) is 14.4. The molecule has 0 fully saturated rings. The first-order valence-electron chi connectivity index (χ1n) is 8.95. The van der Waals surface area contributed by atoms with E-state index in [1.807, 2.05) is 49.2 Å². The largest absolute Gasteiger partial charge is 0.486 e. The highest BCUT2D eigenvalue weighted by molar-refractivity contribution is 5.78. The van der Waals surface area contributed by atoms with Crippen LogP contribution in [0.15, 0.2) is 42.5 Å². The maximum absolute atomic E-state index is 12.4. The van der Waals surface area contributed by atoms with Gasteiger partial charge in [-0.15, -0.1) is 0 Å². The molecule has 0 bridgehead atoms. The molecule has 1 amide bonds. The molecule has 0 saturated carbocycles. The average Bonchev–Trinajstić information content (AvgIpc) is 2.61. The van der Waals surface area contributed by atoms with Crippen LogP contribution in [-0.2, 0) is 11.3 Å². The van der Waals surface area contributed by atoms with E-state index in [1.165, 1.54) is 5.56 Å². The summed E-state index contributed by atoms with van der Waals surface area (Å²) >= 11 is 0. The number of nitrogens with zero attached hydrogens (tertiary/aromatic N) is 1. The van der Waals surface area contributed by atoms with Gasteiger partial charge >= 0.3 is 0 Å². The Morgan fingerprint density at radius 2 is 1.88 bits per heavy atom. The normalized spacial score (nSPS) is 14.2. The van der Waals surface area contributed by atoms with Gasteiger partial charge in [0.15, 0.2) is 11.5 Å². The number of likely N-dealkylation sites (N-methyl/N-ethyl adjacent to an activating group) is 1. The molecule has 138 valence electrons. The third-order valence-electron chi connectivity index (χ3n) is 4.51. The van der Waals surface area contributed by atoms with E-state index in [-0.39, 0.29) is 11.9 Å². The summed E-state index contributed by atoms with van der Waals surface area (Å²) in [6.07, 6.45) is 0. The van der Waals surface area contributed by atoms with Gasteiger partial charge in [0.25, 0.3) is 0 Å². The lowest BCUT2D eigenvalue weighted by Crippen LogP contribution is -2.36. The van der Waals surface area contributed by atoms with Crippen LogP contribution < -0.4 is 14.8 Å². The average molecular weight is 354 g/mol. The van der Waals surface area contributed by atoms with Crippen molar-refractivity contribution in [3.63, 3.8) is 0 Å². The van der Waals surface area contributed by atoms with Crippen molar-refractivity contribution in [2.75, 3.05) is 26.8 Å². The molecule has 0 spiro atoms. The Morgan fingerprint density at radius 3 is 2.65 bits per heavy atom. The summed E-state index contributed by atoms with van der Waals surface area (Å²) in [6, 6.07) is 14.0. The smallest absolute Gasteiger partial charge is 0.234 e. The molecule has 2 aromatic rings. The van der Waals surface area contributed by atoms with Gasteiger partial charge in [0.05, 0.1) is 12.6 Å². The number of hydrogen-bond donors (Lipinski definition) is 1. The van der Waals surface area contributed by atoms with Crippen LogP contribution >= 0.6 is 0 Å². The maximum atomic E-state index is 12.4. The Bertz CT molecular complexity index is 776. The number of benzene rings is 2. The van der Waals surface area contributed by atoms with Crippen molar-refractivity contribution >= 4 is 5.91 Å². The molecule has 3 rings (SSSR count). The van der Waals surface area contributed by atoms with Gasteiger partial charge in [-0.1, -0.05) is 30.3 Å². The van der Waals surface area contributed by atoms with Gasteiger partial charge in [-0.05, 0) is 49.7 Å². The summed E-state index contributed by atoms with van der Waals surface area (Å²) in [5, 5.41) is 3.08. The zero-order valence-corrected chi connectivity index (χ0v) is 15.6. The molecule has 0 unspecified atom stereocenters. The number of rotatable bonds is 6. The molecule has 0 radical (unpaired) electrons. The second kappa shape index (κ2) is 8.23. The lowest BCUT2D eigenvalue weighted by atomic mass is 10.0. The highest BCUT2D eigenvalue weighted by atomic mass is 16.6. The summed E-state index contributed by atoms with van der Waals surface area (Å²) < 4.78 is 11.2. The fraction of sp³-hybridized carbons (Fsp3) is 0.381. The van der Waals surface area contributed by atoms with E-state index in [0.29, 0.717) is 26.3 Å². The van der Waals surface area contributed by atoms with Gasteiger partial charge in [0, 0.05) is 6.54 Å². The second-order valence-electron chi connectivity index (χ2n) is 6.80. The minimum absolute atomic E-state index is 0.00797. The zero-order valence-electron chi connectivity index (χ0n) is 15.6. The van der Waals surface area contributed by atoms with Crippen molar-refractivity contribution in [1.29, 1.82) is 0 Å². The molecule has 1 heterocycles. The van der Waals surface area contributed by atoms with Crippen molar-refractivity contribution in [2.24, 2.45) is 0 Å². The lowest BCUT2D eigenvalue weighted by molar-refractivity contribution is -0.122. The SMILES string of the molecule is Cc1ccccc1[C@H](C)NC(=O)CN(C)Cc1ccc2c(c1)OCCO2. The van der Waals surface area contributed by atoms with Gasteiger partial charge in [-0.25, -0.2) is 0 Å². The van der Waals surface area contributed by atoms with Gasteiger partial charge < -0.3 is 14.8 Å². The highest BCUT2D eigenvalue weighted by Crippen LogP contribution is 2.31. The lowest BCUT2D eigenvalue weighted by Gasteiger charge is -2.22. The summed E-state index contributed by atoms with van der Waals surface area (Å²) in [5.74, 6) is 1.58. The number of amides is 1. The Balaban J connectivity index is 1.53. The number of nitrogens with one attached hydrogen (secondary N) is 1. The molecule has 0 aromatic heterocycles. The molecular formula is C21H26N2O3. The van der Waals surface area contributed by atoms with Crippen LogP contribution in [0.5, 0.6) is 11.5 Å². The number of carbonyl (C=O) groups is 1. The standard InChI is InChI=1S/C21H26N2O3/c1-15-6-4-5-7-18(15)16(2)22-21(24)14-23(3)13-17-8-9-19-20(12-17)26-11-10-25-19/h4-9,12,16H,10-11,13-14H2,1-3H3,(H,22,24)/t16-/m0/s1. The number of carbonyl (C=O) groups excluding carboxylic acids is 1. The van der Waals surface area contributed by atoms with Crippen LogP contribution in [0.4, 0.5) is 0 Å². The monoisotopic (exact) mass is 354 g/mol. The van der Waals surface area contributed by atoms with E-state index in [9.17, 15) is 4.79 Å². The Kier molecular flexibility index (Phi) is 5.78. The Hall–Kier alpha value is -2.53. The van der Waals surface area contributed by atoms with E-state index in [0.717, 1.165) is 22.6 Å². The fourth-order valence-corrected chi connectivity index (χ4v) is 3.24. The van der Waals surface area contributed by atoms with Crippen LogP contribution in [0, 0.1) is 6.92 Å². The molecule has 5 nitrogen and oxygen atoms in total. The Labute approximate surface area is 154 Å². The van der Waals surface area contributed by atoms with Crippen molar-refractivity contribution in [1.82, 2.24) is 10.2 Å². The minimum Gasteiger partial charge on any atom is -0.486 e. The van der Waals surface area contributed by atoms with Gasteiger partial charge in [0.1, 0.15) is 13.2 Å². The molecule has 0 saturated heterocycles. The molecule has 26 heavy (non-hydrogen) atoms. The highest BCUT2D eigenvalue weighted by Gasteiger charge is 2.15. The fourth-order valence-electron chi connectivity index (χ4n) is 3.24. The van der Waals surface area contributed by atoms with Crippen LogP contribution in [0.1, 0.15) is 29.7 Å². The van der Waals surface area contributed by atoms with E-state index in [4.69, 9.17) is 9.47 Å². The summed E-state index contributed by atoms with van der Waals surface area (Å²) in [6.45, 7) is 6.25. The van der Waals surface area contributed by atoms with E-state index in [1.54, 1.807) is 0 Å². The molecule has 1 atom stereocenters. The first-order chi connectivity index (χ1) is 12.5. The Morgan fingerprint density at radius 1 is 1.15 bits per heavy atom. The topological polar surface area (TPSA) is 50.8 Å². The minimum atomic E-state index is -0.00797. The van der Waals surface area contributed by atoms with Crippen LogP contribution in [0.3, 0.4) is 0 Å². The van der Waals surface area contributed by atoms with Crippen molar-refractivity contribution in [3.8, 4) is 11.5 Å². The summed E-state index contributed by atoms with van der Waals surface area (Å²) in [5.41, 5.74) is 3.43. The van der Waals surface area contributed by atoms with Gasteiger partial charge in [-0.2, -0.15) is 0 Å². The van der Waals surface area contributed by atoms with E-state index in [2.05, 4.69) is 24.4 Å². The number of fused-ring (bicyclic) bond motifs is 1. The van der Waals surface area contributed by atoms with E-state index < -0.39 is 0 Å². The third-order valence-corrected chi connectivity index (χ3v) is 4.51. The predicted molar refractivity (Wildman–Crippen MR) is 102 cm³/mol. The van der Waals surface area contributed by atoms with Crippen LogP contribution in [0.25, 0.3) is 0 Å². The number of aryl methyl sites for hydroxylation is 1. The first-order valence-corrected chi connectivity index (χ1v) is 8.95. The van der Waals surface area contributed by atoms with Crippen LogP contribution in [-0.4, -0.2) is 37.6 Å². The summed E-state index contributed by atoms with van der Waals surface area (Å²) in [7, 11) is 1.94. The predicted octanol–water partition coefficient (Wildman–Crippen LogP) is 3.08. The molecule has 1 aliphatic heterocycles.